The van der Waals surface area contributed by atoms with Crippen molar-refractivity contribution in [1.82, 2.24) is 10.2 Å². The van der Waals surface area contributed by atoms with Crippen molar-refractivity contribution in [2.24, 2.45) is 0 Å². The Hall–Kier alpha value is -2.40. The molecule has 0 aliphatic carbocycles. The number of hydrogen-bond donors (Lipinski definition) is 2. The molecule has 0 aliphatic rings. The van der Waals surface area contributed by atoms with Crippen molar-refractivity contribution in [2.45, 2.75) is 6.42 Å². The highest BCUT2D eigenvalue weighted by molar-refractivity contribution is 5.91. The first-order valence-corrected chi connectivity index (χ1v) is 7.20. The van der Waals surface area contributed by atoms with Crippen molar-refractivity contribution < 1.29 is 14.7 Å². The lowest BCUT2D eigenvalue weighted by Crippen LogP contribution is -2.39. The molecular formula is C17H20N2O3. The predicted octanol–water partition coefficient (Wildman–Crippen LogP) is 0.949. The van der Waals surface area contributed by atoms with Crippen LogP contribution in [0.3, 0.4) is 0 Å². The number of nitrogens with zero attached hydrogens (tertiary/aromatic N) is 1. The minimum Gasteiger partial charge on any atom is -0.395 e. The van der Waals surface area contributed by atoms with Crippen molar-refractivity contribution in [3.8, 4) is 0 Å². The van der Waals surface area contributed by atoms with Gasteiger partial charge in [-0.25, -0.2) is 0 Å². The maximum Gasteiger partial charge on any atom is 0.241 e. The van der Waals surface area contributed by atoms with E-state index in [9.17, 15) is 9.59 Å². The number of hydrogen-bond acceptors (Lipinski definition) is 3. The van der Waals surface area contributed by atoms with Crippen LogP contribution in [-0.4, -0.2) is 48.6 Å². The van der Waals surface area contributed by atoms with Crippen LogP contribution in [-0.2, 0) is 16.0 Å². The van der Waals surface area contributed by atoms with E-state index in [-0.39, 0.29) is 37.9 Å². The molecule has 0 fully saturated rings. The molecule has 2 N–H and O–H groups in total. The maximum atomic E-state index is 12.0. The average molecular weight is 300 g/mol. The summed E-state index contributed by atoms with van der Waals surface area (Å²) in [7, 11) is 1.59. The third-order valence-corrected chi connectivity index (χ3v) is 3.53. The van der Waals surface area contributed by atoms with Gasteiger partial charge in [-0.2, -0.15) is 0 Å². The van der Waals surface area contributed by atoms with Crippen molar-refractivity contribution in [1.29, 1.82) is 0 Å². The largest absolute Gasteiger partial charge is 0.395 e. The molecule has 2 amide bonds. The number of aliphatic hydroxyl groups is 1. The normalized spacial score (nSPS) is 10.5. The van der Waals surface area contributed by atoms with Gasteiger partial charge in [0.25, 0.3) is 0 Å². The van der Waals surface area contributed by atoms with Gasteiger partial charge in [-0.3, -0.25) is 9.59 Å². The minimum atomic E-state index is -0.222. The van der Waals surface area contributed by atoms with E-state index in [1.807, 2.05) is 42.5 Å². The van der Waals surface area contributed by atoms with Crippen molar-refractivity contribution in [3.63, 3.8) is 0 Å². The first-order chi connectivity index (χ1) is 10.6. The van der Waals surface area contributed by atoms with Gasteiger partial charge < -0.3 is 15.3 Å². The summed E-state index contributed by atoms with van der Waals surface area (Å²) in [6.07, 6.45) is 0.234. The van der Waals surface area contributed by atoms with Crippen molar-refractivity contribution >= 4 is 22.6 Å². The fourth-order valence-corrected chi connectivity index (χ4v) is 2.27. The highest BCUT2D eigenvalue weighted by Gasteiger charge is 2.11. The molecule has 0 aromatic heterocycles. The Bertz CT molecular complexity index is 665. The van der Waals surface area contributed by atoms with Crippen LogP contribution < -0.4 is 5.32 Å². The highest BCUT2D eigenvalue weighted by Crippen LogP contribution is 2.18. The molecule has 0 saturated heterocycles. The van der Waals surface area contributed by atoms with E-state index >= 15 is 0 Å². The average Bonchev–Trinajstić information content (AvgIpc) is 2.53. The molecule has 116 valence electrons. The van der Waals surface area contributed by atoms with Crippen LogP contribution in [0.5, 0.6) is 0 Å². The number of likely N-dealkylation sites (N-methyl/N-ethyl adjacent to an activating group) is 1. The second kappa shape index (κ2) is 7.56. The second-order valence-corrected chi connectivity index (χ2v) is 5.13. The highest BCUT2D eigenvalue weighted by atomic mass is 16.3. The van der Waals surface area contributed by atoms with E-state index in [1.54, 1.807) is 7.05 Å². The summed E-state index contributed by atoms with van der Waals surface area (Å²) in [6, 6.07) is 13.7. The molecule has 0 bridgehead atoms. The SMILES string of the molecule is CN(CCO)C(=O)CNC(=O)Cc1cccc2ccccc12. The number of aliphatic hydroxyl groups excluding tert-OH is 1. The van der Waals surface area contributed by atoms with Crippen molar-refractivity contribution in [3.05, 3.63) is 48.0 Å². The number of rotatable bonds is 6. The van der Waals surface area contributed by atoms with Crippen LogP contribution in [0, 0.1) is 0 Å². The zero-order valence-corrected chi connectivity index (χ0v) is 12.6. The van der Waals surface area contributed by atoms with Crippen LogP contribution in [0.1, 0.15) is 5.56 Å². The van der Waals surface area contributed by atoms with Gasteiger partial charge >= 0.3 is 0 Å². The van der Waals surface area contributed by atoms with Gasteiger partial charge in [0.15, 0.2) is 0 Å². The van der Waals surface area contributed by atoms with Gasteiger partial charge in [-0.15, -0.1) is 0 Å². The molecule has 2 aromatic carbocycles. The summed E-state index contributed by atoms with van der Waals surface area (Å²) in [4.78, 5) is 25.1. The number of benzene rings is 2. The lowest BCUT2D eigenvalue weighted by Gasteiger charge is -2.16. The lowest BCUT2D eigenvalue weighted by atomic mass is 10.0. The minimum absolute atomic E-state index is 0.0555. The smallest absolute Gasteiger partial charge is 0.241 e. The lowest BCUT2D eigenvalue weighted by molar-refractivity contribution is -0.132. The number of amides is 2. The first-order valence-electron chi connectivity index (χ1n) is 7.20. The summed E-state index contributed by atoms with van der Waals surface area (Å²) in [6.45, 7) is 0.115. The second-order valence-electron chi connectivity index (χ2n) is 5.13. The van der Waals surface area contributed by atoms with Crippen LogP contribution in [0.4, 0.5) is 0 Å². The number of carbonyl (C=O) groups is 2. The van der Waals surface area contributed by atoms with E-state index < -0.39 is 0 Å². The number of fused-ring (bicyclic) bond motifs is 1. The quantitative estimate of drug-likeness (QED) is 0.834. The zero-order chi connectivity index (χ0) is 15.9. The summed E-state index contributed by atoms with van der Waals surface area (Å²) in [5, 5.41) is 13.5. The Morgan fingerprint density at radius 1 is 1.14 bits per heavy atom. The van der Waals surface area contributed by atoms with Gasteiger partial charge in [0.2, 0.25) is 11.8 Å². The summed E-state index contributed by atoms with van der Waals surface area (Å²) >= 11 is 0. The maximum absolute atomic E-state index is 12.0. The van der Waals surface area contributed by atoms with Crippen LogP contribution in [0.25, 0.3) is 10.8 Å². The van der Waals surface area contributed by atoms with E-state index in [0.29, 0.717) is 0 Å². The molecule has 22 heavy (non-hydrogen) atoms. The van der Waals surface area contributed by atoms with Gasteiger partial charge in [0.1, 0.15) is 0 Å². The molecular weight excluding hydrogens is 280 g/mol. The molecule has 5 nitrogen and oxygen atoms in total. The van der Waals surface area contributed by atoms with Gasteiger partial charge in [-0.05, 0) is 16.3 Å². The molecule has 5 heteroatoms. The summed E-state index contributed by atoms with van der Waals surface area (Å²) < 4.78 is 0. The Morgan fingerprint density at radius 2 is 1.86 bits per heavy atom. The summed E-state index contributed by atoms with van der Waals surface area (Å²) in [5.41, 5.74) is 0.937. The zero-order valence-electron chi connectivity index (χ0n) is 12.6. The van der Waals surface area contributed by atoms with Gasteiger partial charge in [0, 0.05) is 13.6 Å². The molecule has 0 spiro atoms. The Morgan fingerprint density at radius 3 is 2.64 bits per heavy atom. The van der Waals surface area contributed by atoms with Crippen molar-refractivity contribution in [2.75, 3.05) is 26.7 Å². The summed E-state index contributed by atoms with van der Waals surface area (Å²) in [5.74, 6) is -0.414. The van der Waals surface area contributed by atoms with E-state index in [4.69, 9.17) is 5.11 Å². The van der Waals surface area contributed by atoms with Crippen LogP contribution in [0.15, 0.2) is 42.5 Å². The fourth-order valence-electron chi connectivity index (χ4n) is 2.27. The Kier molecular flexibility index (Phi) is 5.49. The van der Waals surface area contributed by atoms with Crippen LogP contribution >= 0.6 is 0 Å². The van der Waals surface area contributed by atoms with E-state index in [1.165, 1.54) is 4.90 Å². The van der Waals surface area contributed by atoms with Crippen LogP contribution in [0.2, 0.25) is 0 Å². The Balaban J connectivity index is 1.95. The molecule has 0 radical (unpaired) electrons. The van der Waals surface area contributed by atoms with E-state index in [2.05, 4.69) is 5.32 Å². The first kappa shape index (κ1) is 16.0. The molecule has 0 aliphatic heterocycles. The number of carbonyl (C=O) groups excluding carboxylic acids is 2. The molecule has 0 atom stereocenters. The third-order valence-electron chi connectivity index (χ3n) is 3.53. The molecule has 2 rings (SSSR count). The molecule has 2 aromatic rings. The van der Waals surface area contributed by atoms with E-state index in [0.717, 1.165) is 16.3 Å². The standard InChI is InChI=1S/C17H20N2O3/c1-19(9-10-20)17(22)12-18-16(21)11-14-7-4-6-13-5-2-3-8-15(13)14/h2-8,20H,9-12H2,1H3,(H,18,21). The third kappa shape index (κ3) is 4.05. The molecule has 0 saturated carbocycles. The number of nitrogens with one attached hydrogen (secondary N) is 1. The monoisotopic (exact) mass is 300 g/mol. The topological polar surface area (TPSA) is 69.6 Å². The van der Waals surface area contributed by atoms with Gasteiger partial charge in [-0.1, -0.05) is 42.5 Å². The molecule has 0 heterocycles. The van der Waals surface area contributed by atoms with Gasteiger partial charge in [0.05, 0.1) is 19.6 Å². The fraction of sp³-hybridized carbons (Fsp3) is 0.294. The Labute approximate surface area is 129 Å². The molecule has 0 unspecified atom stereocenters. The predicted molar refractivity (Wildman–Crippen MR) is 85.4 cm³/mol.